The average Bonchev–Trinajstić information content (AvgIpc) is 3.29. The summed E-state index contributed by atoms with van der Waals surface area (Å²) in [7, 11) is 0. The second-order valence-electron chi connectivity index (χ2n) is 10.3. The summed E-state index contributed by atoms with van der Waals surface area (Å²) in [5.41, 5.74) is 0.467. The third kappa shape index (κ3) is 3.03. The van der Waals surface area contributed by atoms with Crippen LogP contribution < -0.4 is 0 Å². The van der Waals surface area contributed by atoms with Crippen molar-refractivity contribution in [1.82, 2.24) is 4.90 Å². The van der Waals surface area contributed by atoms with Crippen molar-refractivity contribution in [2.45, 2.75) is 84.1 Å². The lowest BCUT2D eigenvalue weighted by molar-refractivity contribution is 0.0328. The molecule has 3 saturated carbocycles. The fourth-order valence-electron chi connectivity index (χ4n) is 7.64. The summed E-state index contributed by atoms with van der Waals surface area (Å²) in [6, 6.07) is 0. The van der Waals surface area contributed by atoms with Gasteiger partial charge in [-0.2, -0.15) is 0 Å². The highest BCUT2D eigenvalue weighted by molar-refractivity contribution is 5.11. The first kappa shape index (κ1) is 18.1. The second-order valence-corrected chi connectivity index (χ2v) is 10.3. The standard InChI is InChI=1S/C24H41N/c1-5-10-19-21-14-20(21)17(3)22-15-25(16-23(19)22)24(4,13-6-2)18-11-8-7-9-12-18/h5,17-23H,1,6-16H2,2-4H3. The van der Waals surface area contributed by atoms with Crippen molar-refractivity contribution < 1.29 is 0 Å². The number of nitrogens with zero attached hydrogens (tertiary/aromatic N) is 1. The van der Waals surface area contributed by atoms with E-state index in [-0.39, 0.29) is 0 Å². The van der Waals surface area contributed by atoms with Gasteiger partial charge in [-0.15, -0.1) is 6.58 Å². The third-order valence-electron chi connectivity index (χ3n) is 9.16. The van der Waals surface area contributed by atoms with Crippen LogP contribution in [0.5, 0.6) is 0 Å². The Morgan fingerprint density at radius 3 is 2.44 bits per heavy atom. The van der Waals surface area contributed by atoms with Crippen LogP contribution in [0.3, 0.4) is 0 Å². The predicted molar refractivity (Wildman–Crippen MR) is 108 cm³/mol. The van der Waals surface area contributed by atoms with E-state index in [1.807, 2.05) is 0 Å². The largest absolute Gasteiger partial charge is 0.297 e. The first-order valence-corrected chi connectivity index (χ1v) is 11.5. The summed E-state index contributed by atoms with van der Waals surface area (Å²) < 4.78 is 0. The van der Waals surface area contributed by atoms with E-state index in [0.29, 0.717) is 5.54 Å². The second kappa shape index (κ2) is 7.02. The Labute approximate surface area is 156 Å². The Hall–Kier alpha value is -0.300. The number of rotatable bonds is 6. The molecule has 1 aliphatic heterocycles. The number of hydrogen-bond donors (Lipinski definition) is 0. The molecule has 1 saturated heterocycles. The third-order valence-corrected chi connectivity index (χ3v) is 9.16. The highest BCUT2D eigenvalue weighted by Crippen LogP contribution is 2.63. The molecule has 0 radical (unpaired) electrons. The summed E-state index contributed by atoms with van der Waals surface area (Å²) in [6.07, 6.45) is 15.2. The molecule has 0 aromatic rings. The lowest BCUT2D eigenvalue weighted by Crippen LogP contribution is -2.51. The van der Waals surface area contributed by atoms with Crippen LogP contribution in [0.25, 0.3) is 0 Å². The van der Waals surface area contributed by atoms with E-state index in [0.717, 1.165) is 41.4 Å². The Bertz CT molecular complexity index is 478. The maximum atomic E-state index is 4.10. The van der Waals surface area contributed by atoms with Crippen LogP contribution in [-0.2, 0) is 0 Å². The van der Waals surface area contributed by atoms with Gasteiger partial charge in [0.2, 0.25) is 0 Å². The van der Waals surface area contributed by atoms with Crippen LogP contribution in [0.2, 0.25) is 0 Å². The van der Waals surface area contributed by atoms with E-state index >= 15 is 0 Å². The predicted octanol–water partition coefficient (Wildman–Crippen LogP) is 6.15. The van der Waals surface area contributed by atoms with E-state index in [2.05, 4.69) is 38.3 Å². The molecule has 4 fully saturated rings. The molecule has 7 unspecified atom stereocenters. The number of fused-ring (bicyclic) bond motifs is 2. The molecule has 1 heteroatoms. The SMILES string of the molecule is C=CCC1C2CC2C(C)C2CN(C(C)(CCC)C3CCCCC3)CC21. The van der Waals surface area contributed by atoms with Gasteiger partial charge >= 0.3 is 0 Å². The molecule has 0 amide bonds. The van der Waals surface area contributed by atoms with Gasteiger partial charge in [-0.25, -0.2) is 0 Å². The van der Waals surface area contributed by atoms with Crippen LogP contribution in [0.1, 0.15) is 78.6 Å². The molecule has 0 aromatic carbocycles. The minimum Gasteiger partial charge on any atom is -0.297 e. The van der Waals surface area contributed by atoms with Crippen LogP contribution in [-0.4, -0.2) is 23.5 Å². The average molecular weight is 344 g/mol. The van der Waals surface area contributed by atoms with Crippen molar-refractivity contribution >= 4 is 0 Å². The number of allylic oxidation sites excluding steroid dienone is 1. The summed E-state index contributed by atoms with van der Waals surface area (Å²) in [5.74, 6) is 6.89. The lowest BCUT2D eigenvalue weighted by atomic mass is 9.68. The van der Waals surface area contributed by atoms with Gasteiger partial charge in [-0.05, 0) is 80.5 Å². The zero-order valence-electron chi connectivity index (χ0n) is 17.1. The molecule has 0 bridgehead atoms. The Morgan fingerprint density at radius 1 is 1.04 bits per heavy atom. The fraction of sp³-hybridized carbons (Fsp3) is 0.917. The van der Waals surface area contributed by atoms with Crippen LogP contribution in [0, 0.1) is 41.4 Å². The number of likely N-dealkylation sites (tertiary alicyclic amines) is 1. The molecule has 25 heavy (non-hydrogen) atoms. The van der Waals surface area contributed by atoms with Crippen LogP contribution in [0.15, 0.2) is 12.7 Å². The van der Waals surface area contributed by atoms with Crippen molar-refractivity contribution in [3.8, 4) is 0 Å². The van der Waals surface area contributed by atoms with Crippen LogP contribution >= 0.6 is 0 Å². The Kier molecular flexibility index (Phi) is 5.08. The molecule has 4 aliphatic rings. The normalized spacial score (nSPS) is 44.0. The van der Waals surface area contributed by atoms with Gasteiger partial charge in [-0.3, -0.25) is 4.90 Å². The van der Waals surface area contributed by atoms with E-state index < -0.39 is 0 Å². The molecule has 1 nitrogen and oxygen atoms in total. The summed E-state index contributed by atoms with van der Waals surface area (Å²) in [4.78, 5) is 3.01. The molecule has 4 rings (SSSR count). The van der Waals surface area contributed by atoms with Crippen molar-refractivity contribution in [3.63, 3.8) is 0 Å². The van der Waals surface area contributed by atoms with E-state index in [4.69, 9.17) is 0 Å². The fourth-order valence-corrected chi connectivity index (χ4v) is 7.64. The smallest absolute Gasteiger partial charge is 0.0209 e. The summed E-state index contributed by atoms with van der Waals surface area (Å²) in [5, 5.41) is 0. The number of hydrogen-bond acceptors (Lipinski definition) is 1. The summed E-state index contributed by atoms with van der Waals surface area (Å²) >= 11 is 0. The lowest BCUT2D eigenvalue weighted by Gasteiger charge is -2.47. The van der Waals surface area contributed by atoms with E-state index in [1.165, 1.54) is 70.9 Å². The van der Waals surface area contributed by atoms with E-state index in [9.17, 15) is 0 Å². The van der Waals surface area contributed by atoms with Gasteiger partial charge < -0.3 is 0 Å². The van der Waals surface area contributed by atoms with Gasteiger partial charge in [-0.1, -0.05) is 45.6 Å². The molecule has 0 spiro atoms. The maximum absolute atomic E-state index is 4.10. The molecule has 3 aliphatic carbocycles. The Morgan fingerprint density at radius 2 is 1.76 bits per heavy atom. The molecule has 142 valence electrons. The van der Waals surface area contributed by atoms with Gasteiger partial charge in [0, 0.05) is 18.6 Å². The molecular formula is C24H41N. The van der Waals surface area contributed by atoms with Gasteiger partial charge in [0.25, 0.3) is 0 Å². The van der Waals surface area contributed by atoms with Crippen LogP contribution in [0.4, 0.5) is 0 Å². The van der Waals surface area contributed by atoms with Crippen molar-refractivity contribution in [2.24, 2.45) is 41.4 Å². The minimum atomic E-state index is 0.467. The highest BCUT2D eigenvalue weighted by atomic mass is 15.2. The van der Waals surface area contributed by atoms with Gasteiger partial charge in [0.15, 0.2) is 0 Å². The highest BCUT2D eigenvalue weighted by Gasteiger charge is 2.60. The van der Waals surface area contributed by atoms with E-state index in [1.54, 1.807) is 0 Å². The Balaban J connectivity index is 1.55. The molecule has 0 N–H and O–H groups in total. The first-order valence-electron chi connectivity index (χ1n) is 11.5. The van der Waals surface area contributed by atoms with Crippen molar-refractivity contribution in [3.05, 3.63) is 12.7 Å². The minimum absolute atomic E-state index is 0.467. The maximum Gasteiger partial charge on any atom is 0.0209 e. The van der Waals surface area contributed by atoms with Crippen molar-refractivity contribution in [2.75, 3.05) is 13.1 Å². The molecular weight excluding hydrogens is 302 g/mol. The molecule has 1 heterocycles. The molecule has 0 aromatic heterocycles. The topological polar surface area (TPSA) is 3.24 Å². The zero-order chi connectivity index (χ0) is 17.6. The monoisotopic (exact) mass is 343 g/mol. The quantitative estimate of drug-likeness (QED) is 0.523. The zero-order valence-corrected chi connectivity index (χ0v) is 17.1. The van der Waals surface area contributed by atoms with Gasteiger partial charge in [0.05, 0.1) is 0 Å². The summed E-state index contributed by atoms with van der Waals surface area (Å²) in [6.45, 7) is 14.5. The van der Waals surface area contributed by atoms with Crippen molar-refractivity contribution in [1.29, 1.82) is 0 Å². The molecule has 7 atom stereocenters. The van der Waals surface area contributed by atoms with Gasteiger partial charge in [0.1, 0.15) is 0 Å². The first-order chi connectivity index (χ1) is 12.1.